The van der Waals surface area contributed by atoms with E-state index in [1.165, 1.54) is 6.07 Å². The molecule has 1 aliphatic heterocycles. The highest BCUT2D eigenvalue weighted by atomic mass is 32.2. The minimum Gasteiger partial charge on any atom is -0.390 e. The molecule has 0 amide bonds. The lowest BCUT2D eigenvalue weighted by Crippen LogP contribution is -2.36. The van der Waals surface area contributed by atoms with Crippen molar-refractivity contribution in [1.82, 2.24) is 4.72 Å². The fourth-order valence-corrected chi connectivity index (χ4v) is 3.38. The molecule has 5 nitrogen and oxygen atoms in total. The van der Waals surface area contributed by atoms with Crippen molar-refractivity contribution in [1.29, 1.82) is 0 Å². The molecule has 0 saturated heterocycles. The normalized spacial score (nSPS) is 17.2. The van der Waals surface area contributed by atoms with E-state index in [2.05, 4.69) is 9.88 Å². The SMILES string of the molecule is CC(C)S(=O)(=O)NCC1CC(c2ccc(-c3ccccc3)c(F)c2)=NO1. The summed E-state index contributed by atoms with van der Waals surface area (Å²) in [7, 11) is -3.35. The van der Waals surface area contributed by atoms with E-state index in [0.29, 0.717) is 23.3 Å². The van der Waals surface area contributed by atoms with Crippen LogP contribution in [0.4, 0.5) is 4.39 Å². The van der Waals surface area contributed by atoms with Gasteiger partial charge >= 0.3 is 0 Å². The van der Waals surface area contributed by atoms with Gasteiger partial charge in [0.05, 0.1) is 17.5 Å². The van der Waals surface area contributed by atoms with E-state index in [1.807, 2.05) is 30.3 Å². The summed E-state index contributed by atoms with van der Waals surface area (Å²) < 4.78 is 40.6. The van der Waals surface area contributed by atoms with Crippen LogP contribution in [0.5, 0.6) is 0 Å². The first-order valence-corrected chi connectivity index (χ1v) is 9.98. The molecule has 0 radical (unpaired) electrons. The highest BCUT2D eigenvalue weighted by molar-refractivity contribution is 7.90. The van der Waals surface area contributed by atoms with Crippen LogP contribution in [0.3, 0.4) is 0 Å². The van der Waals surface area contributed by atoms with Crippen LogP contribution in [0.15, 0.2) is 53.7 Å². The standard InChI is InChI=1S/C19H21FN2O3S/c1-13(2)26(23,24)21-12-16-11-19(22-25-16)15-8-9-17(18(20)10-15)14-6-4-3-5-7-14/h3-10,13,16,21H,11-12H2,1-2H3. The summed E-state index contributed by atoms with van der Waals surface area (Å²) in [6.07, 6.45) is 0.0282. The second-order valence-electron chi connectivity index (χ2n) is 6.47. The molecule has 1 heterocycles. The summed E-state index contributed by atoms with van der Waals surface area (Å²) >= 11 is 0. The topological polar surface area (TPSA) is 67.8 Å². The molecule has 26 heavy (non-hydrogen) atoms. The van der Waals surface area contributed by atoms with Gasteiger partial charge in [0, 0.05) is 17.5 Å². The maximum atomic E-state index is 14.5. The molecule has 1 aliphatic rings. The van der Waals surface area contributed by atoms with Crippen molar-refractivity contribution in [2.24, 2.45) is 5.16 Å². The zero-order valence-electron chi connectivity index (χ0n) is 14.6. The molecule has 0 bridgehead atoms. The molecule has 3 rings (SSSR count). The van der Waals surface area contributed by atoms with Gasteiger partial charge in [-0.05, 0) is 25.5 Å². The molecule has 0 aromatic heterocycles. The molecular formula is C19H21FN2O3S. The molecular weight excluding hydrogens is 355 g/mol. The van der Waals surface area contributed by atoms with Gasteiger partial charge in [0.15, 0.2) is 0 Å². The summed E-state index contributed by atoms with van der Waals surface area (Å²) in [4.78, 5) is 5.29. The van der Waals surface area contributed by atoms with Crippen molar-refractivity contribution in [3.05, 3.63) is 59.9 Å². The number of benzene rings is 2. The first-order valence-electron chi connectivity index (χ1n) is 8.43. The number of nitrogens with zero attached hydrogens (tertiary/aromatic N) is 1. The fourth-order valence-electron chi connectivity index (χ4n) is 2.63. The number of nitrogens with one attached hydrogen (secondary N) is 1. The average Bonchev–Trinajstić information content (AvgIpc) is 3.10. The quantitative estimate of drug-likeness (QED) is 0.841. The second-order valence-corrected chi connectivity index (χ2v) is 8.79. The maximum absolute atomic E-state index is 14.5. The van der Waals surface area contributed by atoms with Gasteiger partial charge in [-0.15, -0.1) is 0 Å². The molecule has 0 fully saturated rings. The predicted octanol–water partition coefficient (Wildman–Crippen LogP) is 3.31. The zero-order valence-corrected chi connectivity index (χ0v) is 15.5. The van der Waals surface area contributed by atoms with Crippen molar-refractivity contribution >= 4 is 15.7 Å². The molecule has 1 N–H and O–H groups in total. The Morgan fingerprint density at radius 1 is 1.19 bits per heavy atom. The summed E-state index contributed by atoms with van der Waals surface area (Å²) in [5.74, 6) is -0.333. The van der Waals surface area contributed by atoms with Crippen molar-refractivity contribution in [3.8, 4) is 11.1 Å². The number of oxime groups is 1. The summed E-state index contributed by atoms with van der Waals surface area (Å²) in [6.45, 7) is 3.35. The van der Waals surface area contributed by atoms with Gasteiger partial charge in [0.2, 0.25) is 10.0 Å². The van der Waals surface area contributed by atoms with E-state index in [0.717, 1.165) is 5.56 Å². The lowest BCUT2D eigenvalue weighted by molar-refractivity contribution is 0.0891. The number of sulfonamides is 1. The average molecular weight is 376 g/mol. The van der Waals surface area contributed by atoms with Crippen molar-refractivity contribution < 1.29 is 17.6 Å². The zero-order chi connectivity index (χ0) is 18.7. The monoisotopic (exact) mass is 376 g/mol. The lowest BCUT2D eigenvalue weighted by atomic mass is 9.99. The third-order valence-electron chi connectivity index (χ3n) is 4.25. The first kappa shape index (κ1) is 18.5. The number of rotatable bonds is 6. The van der Waals surface area contributed by atoms with Crippen LogP contribution in [0.25, 0.3) is 11.1 Å². The van der Waals surface area contributed by atoms with E-state index >= 15 is 0 Å². The number of halogens is 1. The van der Waals surface area contributed by atoms with E-state index in [9.17, 15) is 12.8 Å². The van der Waals surface area contributed by atoms with Gasteiger partial charge in [-0.3, -0.25) is 0 Å². The van der Waals surface area contributed by atoms with Crippen molar-refractivity contribution in [2.45, 2.75) is 31.6 Å². The van der Waals surface area contributed by atoms with E-state index < -0.39 is 21.4 Å². The summed E-state index contributed by atoms with van der Waals surface area (Å²) in [5.41, 5.74) is 2.57. The second kappa shape index (κ2) is 7.55. The third kappa shape index (κ3) is 4.11. The molecule has 0 saturated carbocycles. The molecule has 2 aromatic rings. The minimum absolute atomic E-state index is 0.137. The van der Waals surface area contributed by atoms with Crippen LogP contribution in [-0.4, -0.2) is 32.0 Å². The summed E-state index contributed by atoms with van der Waals surface area (Å²) in [6, 6.07) is 14.3. The van der Waals surface area contributed by atoms with Crippen molar-refractivity contribution in [2.75, 3.05) is 6.54 Å². The van der Waals surface area contributed by atoms with Gasteiger partial charge in [-0.25, -0.2) is 17.5 Å². The van der Waals surface area contributed by atoms with Crippen LogP contribution in [-0.2, 0) is 14.9 Å². The fraction of sp³-hybridized carbons (Fsp3) is 0.316. The maximum Gasteiger partial charge on any atom is 0.214 e. The van der Waals surface area contributed by atoms with Crippen LogP contribution < -0.4 is 4.72 Å². The molecule has 0 spiro atoms. The smallest absolute Gasteiger partial charge is 0.214 e. The number of hydrogen-bond donors (Lipinski definition) is 1. The Labute approximate surface area is 152 Å². The molecule has 0 aliphatic carbocycles. The largest absolute Gasteiger partial charge is 0.390 e. The van der Waals surface area contributed by atoms with Gasteiger partial charge in [-0.2, -0.15) is 0 Å². The Morgan fingerprint density at radius 3 is 2.58 bits per heavy atom. The Hall–Kier alpha value is -2.25. The van der Waals surface area contributed by atoms with Gasteiger partial charge in [-0.1, -0.05) is 47.6 Å². The molecule has 138 valence electrons. The Morgan fingerprint density at radius 2 is 1.92 bits per heavy atom. The molecule has 2 aromatic carbocycles. The highest BCUT2D eigenvalue weighted by Crippen LogP contribution is 2.25. The Balaban J connectivity index is 1.67. The van der Waals surface area contributed by atoms with Crippen molar-refractivity contribution in [3.63, 3.8) is 0 Å². The number of hydrogen-bond acceptors (Lipinski definition) is 4. The van der Waals surface area contributed by atoms with Crippen LogP contribution in [0.1, 0.15) is 25.8 Å². The molecule has 7 heteroatoms. The van der Waals surface area contributed by atoms with E-state index in [1.54, 1.807) is 26.0 Å². The van der Waals surface area contributed by atoms with Crippen LogP contribution in [0.2, 0.25) is 0 Å². The van der Waals surface area contributed by atoms with Crippen LogP contribution >= 0.6 is 0 Å². The molecule has 1 atom stereocenters. The highest BCUT2D eigenvalue weighted by Gasteiger charge is 2.25. The third-order valence-corrected chi connectivity index (χ3v) is 6.06. The van der Waals surface area contributed by atoms with Gasteiger partial charge < -0.3 is 4.84 Å². The molecule has 1 unspecified atom stereocenters. The summed E-state index contributed by atoms with van der Waals surface area (Å²) in [5, 5.41) is 3.48. The predicted molar refractivity (Wildman–Crippen MR) is 99.9 cm³/mol. The van der Waals surface area contributed by atoms with Gasteiger partial charge in [0.25, 0.3) is 0 Å². The minimum atomic E-state index is -3.35. The van der Waals surface area contributed by atoms with E-state index in [4.69, 9.17) is 4.84 Å². The Bertz CT molecular complexity index is 912. The van der Waals surface area contributed by atoms with Gasteiger partial charge in [0.1, 0.15) is 11.9 Å². The van der Waals surface area contributed by atoms with E-state index in [-0.39, 0.29) is 12.4 Å². The first-order chi connectivity index (χ1) is 12.4. The van der Waals surface area contributed by atoms with Crippen LogP contribution in [0, 0.1) is 5.82 Å². The Kier molecular flexibility index (Phi) is 5.38. The lowest BCUT2D eigenvalue weighted by Gasteiger charge is -2.12.